The van der Waals surface area contributed by atoms with Gasteiger partial charge in [-0.3, -0.25) is 0 Å². The summed E-state index contributed by atoms with van der Waals surface area (Å²) in [6.45, 7) is 0. The first-order valence-corrected chi connectivity index (χ1v) is 5.56. The number of rotatable bonds is 2. The molecule has 102 valence electrons. The summed E-state index contributed by atoms with van der Waals surface area (Å²) >= 11 is 0. The van der Waals surface area contributed by atoms with Gasteiger partial charge in [-0.1, -0.05) is 6.07 Å². The zero-order chi connectivity index (χ0) is 14.8. The Morgan fingerprint density at radius 2 is 2.00 bits per heavy atom. The van der Waals surface area contributed by atoms with E-state index in [0.29, 0.717) is 11.3 Å². The molecular weight excluding hydrogens is 269 g/mol. The smallest absolute Gasteiger partial charge is 0.314 e. The predicted molar refractivity (Wildman–Crippen MR) is 66.3 cm³/mol. The monoisotopic (exact) mass is 278 g/mol. The number of alkyl halides is 3. The van der Waals surface area contributed by atoms with Gasteiger partial charge in [0.25, 0.3) is 0 Å². The third kappa shape index (κ3) is 2.85. The van der Waals surface area contributed by atoms with Crippen molar-refractivity contribution in [3.63, 3.8) is 0 Å². The molecule has 0 aliphatic heterocycles. The molecule has 20 heavy (non-hydrogen) atoms. The van der Waals surface area contributed by atoms with Gasteiger partial charge in [-0.05, 0) is 24.3 Å². The Bertz CT molecular complexity index is 661. The molecule has 0 fully saturated rings. The minimum absolute atomic E-state index is 0.0880. The first kappa shape index (κ1) is 13.8. The quantitative estimate of drug-likeness (QED) is 0.846. The van der Waals surface area contributed by atoms with Gasteiger partial charge in [0.05, 0.1) is 11.6 Å². The highest BCUT2D eigenvalue weighted by Crippen LogP contribution is 2.29. The van der Waals surface area contributed by atoms with E-state index in [4.69, 9.17) is 5.26 Å². The van der Waals surface area contributed by atoms with Gasteiger partial charge in [0.15, 0.2) is 0 Å². The number of benzene rings is 1. The molecule has 0 saturated carbocycles. The lowest BCUT2D eigenvalue weighted by molar-refractivity contribution is -0.141. The van der Waals surface area contributed by atoms with Crippen molar-refractivity contribution in [1.82, 2.24) is 9.97 Å². The fourth-order valence-corrected chi connectivity index (χ4v) is 1.57. The van der Waals surface area contributed by atoms with Crippen LogP contribution < -0.4 is 4.90 Å². The molecule has 0 unspecified atom stereocenters. The molecule has 7 heteroatoms. The predicted octanol–water partition coefficient (Wildman–Crippen LogP) is 3.13. The first-order chi connectivity index (χ1) is 9.41. The molecule has 0 amide bonds. The molecule has 0 spiro atoms. The van der Waals surface area contributed by atoms with E-state index >= 15 is 0 Å². The van der Waals surface area contributed by atoms with E-state index in [2.05, 4.69) is 9.97 Å². The van der Waals surface area contributed by atoms with E-state index < -0.39 is 11.9 Å². The van der Waals surface area contributed by atoms with Crippen LogP contribution in [-0.2, 0) is 6.18 Å². The molecule has 0 aliphatic carbocycles. The first-order valence-electron chi connectivity index (χ1n) is 5.56. The maximum absolute atomic E-state index is 12.6. The average molecular weight is 278 g/mol. The summed E-state index contributed by atoms with van der Waals surface area (Å²) in [5, 5.41) is 8.82. The second kappa shape index (κ2) is 5.17. The molecule has 4 nitrogen and oxygen atoms in total. The van der Waals surface area contributed by atoms with Crippen molar-refractivity contribution in [2.24, 2.45) is 0 Å². The van der Waals surface area contributed by atoms with E-state index in [9.17, 15) is 13.2 Å². The highest BCUT2D eigenvalue weighted by molar-refractivity contribution is 5.58. The van der Waals surface area contributed by atoms with Crippen molar-refractivity contribution in [1.29, 1.82) is 5.26 Å². The van der Waals surface area contributed by atoms with Gasteiger partial charge in [0.2, 0.25) is 5.95 Å². The van der Waals surface area contributed by atoms with E-state index in [0.717, 1.165) is 12.3 Å². The number of nitriles is 1. The number of hydrogen-bond donors (Lipinski definition) is 0. The van der Waals surface area contributed by atoms with Gasteiger partial charge in [0, 0.05) is 18.9 Å². The fourth-order valence-electron chi connectivity index (χ4n) is 1.57. The number of anilines is 2. The van der Waals surface area contributed by atoms with Crippen molar-refractivity contribution in [2.75, 3.05) is 11.9 Å². The van der Waals surface area contributed by atoms with Crippen molar-refractivity contribution in [2.45, 2.75) is 6.18 Å². The molecule has 1 heterocycles. The molecule has 0 aliphatic rings. The van der Waals surface area contributed by atoms with Gasteiger partial charge in [-0.15, -0.1) is 0 Å². The van der Waals surface area contributed by atoms with Crippen LogP contribution >= 0.6 is 0 Å². The Kier molecular flexibility index (Phi) is 3.57. The number of aromatic nitrogens is 2. The average Bonchev–Trinajstić information content (AvgIpc) is 2.46. The van der Waals surface area contributed by atoms with E-state index in [1.54, 1.807) is 24.3 Å². The SMILES string of the molecule is CN(c1cccc(C#N)c1)c1nccc(C(F)(F)F)n1. The van der Waals surface area contributed by atoms with Crippen LogP contribution in [-0.4, -0.2) is 17.0 Å². The Balaban J connectivity index is 2.38. The molecule has 0 saturated heterocycles. The largest absolute Gasteiger partial charge is 0.433 e. The lowest BCUT2D eigenvalue weighted by atomic mass is 10.2. The van der Waals surface area contributed by atoms with Crippen molar-refractivity contribution in [3.8, 4) is 6.07 Å². The summed E-state index contributed by atoms with van der Waals surface area (Å²) in [5.74, 6) is -0.0880. The van der Waals surface area contributed by atoms with Gasteiger partial charge < -0.3 is 4.90 Å². The maximum atomic E-state index is 12.6. The van der Waals surface area contributed by atoms with Crippen LogP contribution in [0, 0.1) is 11.3 Å². The highest BCUT2D eigenvalue weighted by atomic mass is 19.4. The normalized spacial score (nSPS) is 10.9. The topological polar surface area (TPSA) is 52.8 Å². The number of hydrogen-bond acceptors (Lipinski definition) is 4. The van der Waals surface area contributed by atoms with Crippen molar-refractivity contribution < 1.29 is 13.2 Å². The summed E-state index contributed by atoms with van der Waals surface area (Å²) < 4.78 is 37.8. The Morgan fingerprint density at radius 1 is 1.25 bits per heavy atom. The number of nitrogens with zero attached hydrogens (tertiary/aromatic N) is 4. The summed E-state index contributed by atoms with van der Waals surface area (Å²) in [6, 6.07) is 9.21. The van der Waals surface area contributed by atoms with Crippen molar-refractivity contribution in [3.05, 3.63) is 47.8 Å². The highest BCUT2D eigenvalue weighted by Gasteiger charge is 2.33. The van der Waals surface area contributed by atoms with Crippen LogP contribution in [0.25, 0.3) is 0 Å². The lowest BCUT2D eigenvalue weighted by Crippen LogP contribution is -2.16. The zero-order valence-electron chi connectivity index (χ0n) is 10.4. The minimum Gasteiger partial charge on any atom is -0.314 e. The summed E-state index contributed by atoms with van der Waals surface area (Å²) in [7, 11) is 1.53. The van der Waals surface area contributed by atoms with E-state index in [1.807, 2.05) is 6.07 Å². The molecule has 2 aromatic rings. The molecular formula is C13H9F3N4. The molecule has 2 rings (SSSR count). The van der Waals surface area contributed by atoms with E-state index in [1.165, 1.54) is 11.9 Å². The maximum Gasteiger partial charge on any atom is 0.433 e. The second-order valence-corrected chi connectivity index (χ2v) is 3.96. The van der Waals surface area contributed by atoms with E-state index in [-0.39, 0.29) is 5.95 Å². The lowest BCUT2D eigenvalue weighted by Gasteiger charge is -2.18. The fraction of sp³-hybridized carbons (Fsp3) is 0.154. The second-order valence-electron chi connectivity index (χ2n) is 3.96. The molecule has 0 radical (unpaired) electrons. The summed E-state index contributed by atoms with van der Waals surface area (Å²) in [6.07, 6.45) is -3.47. The third-order valence-electron chi connectivity index (χ3n) is 2.60. The molecule has 0 atom stereocenters. The van der Waals surface area contributed by atoms with Crippen molar-refractivity contribution >= 4 is 11.6 Å². The minimum atomic E-state index is -4.52. The van der Waals surface area contributed by atoms with Gasteiger partial charge in [-0.25, -0.2) is 9.97 Å². The molecule has 1 aromatic heterocycles. The standard InChI is InChI=1S/C13H9F3N4/c1-20(10-4-2-3-9(7-10)8-17)12-18-6-5-11(19-12)13(14,15)16/h2-7H,1H3. The van der Waals surface area contributed by atoms with Crippen LogP contribution in [0.3, 0.4) is 0 Å². The summed E-state index contributed by atoms with van der Waals surface area (Å²) in [4.78, 5) is 8.68. The van der Waals surface area contributed by atoms with Gasteiger partial charge in [0.1, 0.15) is 5.69 Å². The summed E-state index contributed by atoms with van der Waals surface area (Å²) in [5.41, 5.74) is -0.0736. The van der Waals surface area contributed by atoms with Gasteiger partial charge in [-0.2, -0.15) is 18.4 Å². The Labute approximate surface area is 113 Å². The van der Waals surface area contributed by atoms with Gasteiger partial charge >= 0.3 is 6.18 Å². The Morgan fingerprint density at radius 3 is 2.65 bits per heavy atom. The van der Waals surface area contributed by atoms with Crippen LogP contribution in [0.5, 0.6) is 0 Å². The molecule has 0 N–H and O–H groups in total. The zero-order valence-corrected chi connectivity index (χ0v) is 10.4. The van der Waals surface area contributed by atoms with Crippen LogP contribution in [0.2, 0.25) is 0 Å². The Hall–Kier alpha value is -2.62. The van der Waals surface area contributed by atoms with Crippen LogP contribution in [0.15, 0.2) is 36.5 Å². The third-order valence-corrected chi connectivity index (χ3v) is 2.60. The molecule has 1 aromatic carbocycles. The van der Waals surface area contributed by atoms with Crippen LogP contribution in [0.1, 0.15) is 11.3 Å². The molecule has 0 bridgehead atoms. The van der Waals surface area contributed by atoms with Crippen LogP contribution in [0.4, 0.5) is 24.8 Å². The number of halogens is 3.